The predicted molar refractivity (Wildman–Crippen MR) is 47.8 cm³/mol. The van der Waals surface area contributed by atoms with Gasteiger partial charge in [-0.15, -0.1) is 0 Å². The highest BCUT2D eigenvalue weighted by Crippen LogP contribution is 1.96. The normalized spacial score (nSPS) is 9.92. The molecule has 70 valence electrons. The van der Waals surface area contributed by atoms with Crippen molar-refractivity contribution in [3.05, 3.63) is 0 Å². The van der Waals surface area contributed by atoms with Crippen LogP contribution in [0, 0.1) is 5.92 Å². The summed E-state index contributed by atoms with van der Waals surface area (Å²) in [6.45, 7) is 4.94. The van der Waals surface area contributed by atoms with Crippen LogP contribution >= 0.6 is 0 Å². The topological polar surface area (TPSA) is 46.2 Å². The molecule has 1 amide bonds. The molecule has 3 nitrogen and oxygen atoms in total. The number of hydrogen-bond donors (Lipinski definition) is 1. The Kier molecular flexibility index (Phi) is 6.34. The molecule has 0 aromatic heterocycles. The molecule has 0 bridgehead atoms. The van der Waals surface area contributed by atoms with Crippen LogP contribution in [0.1, 0.15) is 33.1 Å². The zero-order valence-electron chi connectivity index (χ0n) is 7.80. The Morgan fingerprint density at radius 3 is 2.67 bits per heavy atom. The average molecular weight is 171 g/mol. The van der Waals surface area contributed by atoms with E-state index < -0.39 is 0 Å². The Balaban J connectivity index is 3.25. The highest BCUT2D eigenvalue weighted by molar-refractivity contribution is 5.77. The number of amides is 1. The van der Waals surface area contributed by atoms with Crippen molar-refractivity contribution in [3.63, 3.8) is 0 Å². The molecule has 0 radical (unpaired) electrons. The van der Waals surface area contributed by atoms with Gasteiger partial charge in [0.2, 0.25) is 5.91 Å². The lowest BCUT2D eigenvalue weighted by molar-refractivity contribution is -0.122. The number of carbonyl (C=O) groups excluding carboxylic acids is 2. The van der Waals surface area contributed by atoms with Crippen LogP contribution in [-0.2, 0) is 9.59 Å². The van der Waals surface area contributed by atoms with Crippen molar-refractivity contribution >= 4 is 12.2 Å². The third kappa shape index (κ3) is 7.25. The molecule has 3 heteroatoms. The number of aldehydes is 1. The first-order chi connectivity index (χ1) is 5.66. The summed E-state index contributed by atoms with van der Waals surface area (Å²) in [5, 5.41) is 2.75. The van der Waals surface area contributed by atoms with Gasteiger partial charge in [-0.3, -0.25) is 4.79 Å². The van der Waals surface area contributed by atoms with Gasteiger partial charge in [-0.25, -0.2) is 0 Å². The first-order valence-electron chi connectivity index (χ1n) is 4.37. The van der Waals surface area contributed by atoms with Crippen LogP contribution in [0.5, 0.6) is 0 Å². The summed E-state index contributed by atoms with van der Waals surface area (Å²) in [5.74, 6) is 0.583. The molecule has 0 fully saturated rings. The second-order valence-electron chi connectivity index (χ2n) is 3.24. The molecule has 0 rings (SSSR count). The molecule has 0 aliphatic heterocycles. The summed E-state index contributed by atoms with van der Waals surface area (Å²) >= 11 is 0. The minimum atomic E-state index is -0.0252. The van der Waals surface area contributed by atoms with Crippen LogP contribution in [0.25, 0.3) is 0 Å². The number of rotatable bonds is 6. The lowest BCUT2D eigenvalue weighted by Crippen LogP contribution is -2.24. The van der Waals surface area contributed by atoms with Crippen molar-refractivity contribution in [2.45, 2.75) is 33.1 Å². The molecule has 0 spiro atoms. The van der Waals surface area contributed by atoms with Crippen molar-refractivity contribution < 1.29 is 9.59 Å². The second-order valence-corrected chi connectivity index (χ2v) is 3.24. The van der Waals surface area contributed by atoms with Crippen LogP contribution in [0.2, 0.25) is 0 Å². The van der Waals surface area contributed by atoms with E-state index in [1.807, 2.05) is 0 Å². The van der Waals surface area contributed by atoms with E-state index in [1.165, 1.54) is 0 Å². The van der Waals surface area contributed by atoms with Crippen molar-refractivity contribution in [2.75, 3.05) is 6.54 Å². The van der Waals surface area contributed by atoms with Gasteiger partial charge >= 0.3 is 0 Å². The van der Waals surface area contributed by atoms with Crippen LogP contribution < -0.4 is 5.32 Å². The Morgan fingerprint density at radius 1 is 1.50 bits per heavy atom. The molecular weight excluding hydrogens is 154 g/mol. The largest absolute Gasteiger partial charge is 0.356 e. The molecule has 0 aromatic carbocycles. The highest BCUT2D eigenvalue weighted by Gasteiger charge is 1.99. The highest BCUT2D eigenvalue weighted by atomic mass is 16.1. The monoisotopic (exact) mass is 171 g/mol. The minimum absolute atomic E-state index is 0.0252. The van der Waals surface area contributed by atoms with Crippen molar-refractivity contribution in [2.24, 2.45) is 5.92 Å². The SMILES string of the molecule is CC(C)CCNC(=O)CCC=O. The Labute approximate surface area is 73.5 Å². The molecule has 0 aliphatic carbocycles. The van der Waals surface area contributed by atoms with Crippen LogP contribution in [0.15, 0.2) is 0 Å². The third-order valence-electron chi connectivity index (χ3n) is 1.53. The molecule has 12 heavy (non-hydrogen) atoms. The number of hydrogen-bond acceptors (Lipinski definition) is 2. The maximum Gasteiger partial charge on any atom is 0.220 e. The van der Waals surface area contributed by atoms with E-state index >= 15 is 0 Å². The summed E-state index contributed by atoms with van der Waals surface area (Å²) in [4.78, 5) is 20.8. The zero-order valence-corrected chi connectivity index (χ0v) is 7.80. The fourth-order valence-electron chi connectivity index (χ4n) is 0.779. The van der Waals surface area contributed by atoms with Crippen LogP contribution in [0.3, 0.4) is 0 Å². The van der Waals surface area contributed by atoms with E-state index in [0.29, 0.717) is 18.8 Å². The van der Waals surface area contributed by atoms with Gasteiger partial charge in [-0.2, -0.15) is 0 Å². The molecule has 0 aromatic rings. The van der Waals surface area contributed by atoms with Gasteiger partial charge in [0.1, 0.15) is 6.29 Å². The summed E-state index contributed by atoms with van der Waals surface area (Å²) in [7, 11) is 0. The fraction of sp³-hybridized carbons (Fsp3) is 0.778. The minimum Gasteiger partial charge on any atom is -0.356 e. The van der Waals surface area contributed by atoms with Gasteiger partial charge in [0.15, 0.2) is 0 Å². The molecule has 0 aliphatic rings. The summed E-state index contributed by atoms with van der Waals surface area (Å²) in [6.07, 6.45) is 2.41. The Morgan fingerprint density at radius 2 is 2.17 bits per heavy atom. The maximum absolute atomic E-state index is 10.9. The van der Waals surface area contributed by atoms with Gasteiger partial charge in [-0.1, -0.05) is 13.8 Å². The predicted octanol–water partition coefficient (Wildman–Crippen LogP) is 1.13. The van der Waals surface area contributed by atoms with Crippen molar-refractivity contribution in [1.82, 2.24) is 5.32 Å². The molecule has 0 atom stereocenters. The van der Waals surface area contributed by atoms with Gasteiger partial charge < -0.3 is 10.1 Å². The quantitative estimate of drug-likeness (QED) is 0.609. The van der Waals surface area contributed by atoms with Gasteiger partial charge in [0.25, 0.3) is 0 Å². The fourth-order valence-corrected chi connectivity index (χ4v) is 0.779. The Bertz CT molecular complexity index is 143. The van der Waals surface area contributed by atoms with Crippen LogP contribution in [-0.4, -0.2) is 18.7 Å². The average Bonchev–Trinajstić information content (AvgIpc) is 2.00. The second kappa shape index (κ2) is 6.83. The third-order valence-corrected chi connectivity index (χ3v) is 1.53. The summed E-state index contributed by atoms with van der Waals surface area (Å²) in [5.41, 5.74) is 0. The zero-order chi connectivity index (χ0) is 9.40. The van der Waals surface area contributed by atoms with Gasteiger partial charge in [-0.05, 0) is 12.3 Å². The van der Waals surface area contributed by atoms with E-state index in [9.17, 15) is 9.59 Å². The smallest absolute Gasteiger partial charge is 0.220 e. The first-order valence-corrected chi connectivity index (χ1v) is 4.37. The molecule has 0 unspecified atom stereocenters. The lowest BCUT2D eigenvalue weighted by Gasteiger charge is -2.05. The van der Waals surface area contributed by atoms with E-state index in [-0.39, 0.29) is 5.91 Å². The maximum atomic E-state index is 10.9. The molecule has 0 saturated heterocycles. The molecule has 0 heterocycles. The van der Waals surface area contributed by atoms with E-state index in [0.717, 1.165) is 19.3 Å². The van der Waals surface area contributed by atoms with E-state index in [1.54, 1.807) is 0 Å². The number of carbonyl (C=O) groups is 2. The number of nitrogens with one attached hydrogen (secondary N) is 1. The van der Waals surface area contributed by atoms with Crippen molar-refractivity contribution in [1.29, 1.82) is 0 Å². The summed E-state index contributed by atoms with van der Waals surface area (Å²) < 4.78 is 0. The Hall–Kier alpha value is -0.860. The van der Waals surface area contributed by atoms with Gasteiger partial charge in [0.05, 0.1) is 0 Å². The molecule has 0 saturated carbocycles. The van der Waals surface area contributed by atoms with Gasteiger partial charge in [0, 0.05) is 19.4 Å². The van der Waals surface area contributed by atoms with E-state index in [4.69, 9.17) is 0 Å². The van der Waals surface area contributed by atoms with Crippen molar-refractivity contribution in [3.8, 4) is 0 Å². The molecule has 1 N–H and O–H groups in total. The standard InChI is InChI=1S/C9H17NO2/c1-8(2)5-6-10-9(12)4-3-7-11/h7-8H,3-6H2,1-2H3,(H,10,12). The molecular formula is C9H17NO2. The summed E-state index contributed by atoms with van der Waals surface area (Å²) in [6, 6.07) is 0. The lowest BCUT2D eigenvalue weighted by atomic mass is 10.1. The first kappa shape index (κ1) is 11.1. The van der Waals surface area contributed by atoms with E-state index in [2.05, 4.69) is 19.2 Å². The van der Waals surface area contributed by atoms with Crippen LogP contribution in [0.4, 0.5) is 0 Å².